The Balaban J connectivity index is 2.48. The van der Waals surface area contributed by atoms with Crippen molar-refractivity contribution < 1.29 is 9.90 Å². The van der Waals surface area contributed by atoms with Gasteiger partial charge in [0.2, 0.25) is 0 Å². The van der Waals surface area contributed by atoms with Gasteiger partial charge in [0.15, 0.2) is 0 Å². The zero-order valence-corrected chi connectivity index (χ0v) is 10.8. The van der Waals surface area contributed by atoms with Crippen molar-refractivity contribution in [3.8, 4) is 0 Å². The summed E-state index contributed by atoms with van der Waals surface area (Å²) >= 11 is 11.5. The first-order chi connectivity index (χ1) is 8.02. The minimum Gasteiger partial charge on any atom is -0.391 e. The maximum atomic E-state index is 11.4. The molecule has 0 aliphatic rings. The monoisotopic (exact) mass is 276 g/mol. The summed E-state index contributed by atoms with van der Waals surface area (Å²) in [6.45, 7) is 2.05. The van der Waals surface area contributed by atoms with Crippen molar-refractivity contribution in [1.82, 2.24) is 5.32 Å². The molecule has 4 nitrogen and oxygen atoms in total. The van der Waals surface area contributed by atoms with Crippen LogP contribution < -0.4 is 10.6 Å². The summed E-state index contributed by atoms with van der Waals surface area (Å²) in [4.78, 5) is 11.4. The highest BCUT2D eigenvalue weighted by molar-refractivity contribution is 6.42. The van der Waals surface area contributed by atoms with Crippen LogP contribution in [0.25, 0.3) is 0 Å². The summed E-state index contributed by atoms with van der Waals surface area (Å²) in [6, 6.07) is 4.40. The van der Waals surface area contributed by atoms with E-state index in [-0.39, 0.29) is 6.54 Å². The molecule has 0 spiro atoms. The van der Waals surface area contributed by atoms with Gasteiger partial charge in [0.1, 0.15) is 0 Å². The van der Waals surface area contributed by atoms with E-state index in [1.54, 1.807) is 18.2 Å². The van der Waals surface area contributed by atoms with E-state index in [9.17, 15) is 9.90 Å². The van der Waals surface area contributed by atoms with Crippen LogP contribution in [0.4, 0.5) is 10.5 Å². The molecule has 1 atom stereocenters. The smallest absolute Gasteiger partial charge is 0.319 e. The predicted molar refractivity (Wildman–Crippen MR) is 69.8 cm³/mol. The molecular formula is C11H14Cl2N2O2. The van der Waals surface area contributed by atoms with Gasteiger partial charge in [0.25, 0.3) is 0 Å². The first-order valence-corrected chi connectivity index (χ1v) is 5.96. The molecule has 0 aliphatic heterocycles. The molecule has 1 aromatic carbocycles. The van der Waals surface area contributed by atoms with Gasteiger partial charge in [-0.1, -0.05) is 30.1 Å². The second-order valence-corrected chi connectivity index (χ2v) is 4.34. The van der Waals surface area contributed by atoms with Gasteiger partial charge >= 0.3 is 6.03 Å². The highest BCUT2D eigenvalue weighted by Gasteiger charge is 2.06. The molecule has 0 bridgehead atoms. The average molecular weight is 277 g/mol. The van der Waals surface area contributed by atoms with Crippen LogP contribution in [0.3, 0.4) is 0 Å². The van der Waals surface area contributed by atoms with Gasteiger partial charge in [-0.25, -0.2) is 4.79 Å². The van der Waals surface area contributed by atoms with E-state index in [0.717, 1.165) is 0 Å². The third-order valence-corrected chi connectivity index (χ3v) is 2.89. The number of hydrogen-bond donors (Lipinski definition) is 3. The van der Waals surface area contributed by atoms with E-state index in [0.29, 0.717) is 22.2 Å². The van der Waals surface area contributed by atoms with Crippen LogP contribution in [0.5, 0.6) is 0 Å². The van der Waals surface area contributed by atoms with Crippen molar-refractivity contribution in [3.05, 3.63) is 28.2 Å². The lowest BCUT2D eigenvalue weighted by Crippen LogP contribution is -2.34. The lowest BCUT2D eigenvalue weighted by atomic mass is 10.3. The molecule has 0 aromatic heterocycles. The Hall–Kier alpha value is -0.970. The largest absolute Gasteiger partial charge is 0.391 e. The molecule has 0 saturated heterocycles. The molecular weight excluding hydrogens is 263 g/mol. The quantitative estimate of drug-likeness (QED) is 0.792. The second kappa shape index (κ2) is 6.69. The number of rotatable bonds is 4. The fourth-order valence-electron chi connectivity index (χ4n) is 1.10. The maximum absolute atomic E-state index is 11.4. The molecule has 1 aromatic rings. The average Bonchev–Trinajstić information content (AvgIpc) is 2.31. The summed E-state index contributed by atoms with van der Waals surface area (Å²) in [5.41, 5.74) is 0.544. The van der Waals surface area contributed by atoms with Crippen LogP contribution in [0.1, 0.15) is 13.3 Å². The molecule has 17 heavy (non-hydrogen) atoms. The van der Waals surface area contributed by atoms with Crippen LogP contribution in [-0.2, 0) is 0 Å². The van der Waals surface area contributed by atoms with Gasteiger partial charge in [0, 0.05) is 12.2 Å². The van der Waals surface area contributed by atoms with E-state index in [4.69, 9.17) is 23.2 Å². The number of hydrogen-bond acceptors (Lipinski definition) is 2. The van der Waals surface area contributed by atoms with Crippen LogP contribution in [-0.4, -0.2) is 23.8 Å². The van der Waals surface area contributed by atoms with E-state index < -0.39 is 12.1 Å². The molecule has 0 fully saturated rings. The fraction of sp³-hybridized carbons (Fsp3) is 0.364. The maximum Gasteiger partial charge on any atom is 0.319 e. The Morgan fingerprint density at radius 2 is 2.12 bits per heavy atom. The number of carbonyl (C=O) groups excluding carboxylic acids is 1. The van der Waals surface area contributed by atoms with Crippen molar-refractivity contribution in [2.45, 2.75) is 19.4 Å². The SMILES string of the molecule is CCC(O)CNC(=O)Nc1ccc(Cl)c(Cl)c1. The number of urea groups is 1. The summed E-state index contributed by atoms with van der Waals surface area (Å²) in [7, 11) is 0. The van der Waals surface area contributed by atoms with Gasteiger partial charge in [0.05, 0.1) is 16.1 Å². The highest BCUT2D eigenvalue weighted by atomic mass is 35.5. The van der Waals surface area contributed by atoms with Crippen LogP contribution in [0, 0.1) is 0 Å². The normalized spacial score (nSPS) is 12.0. The Bertz CT molecular complexity index is 399. The van der Waals surface area contributed by atoms with Crippen molar-refractivity contribution in [2.75, 3.05) is 11.9 Å². The van der Waals surface area contributed by atoms with E-state index in [1.165, 1.54) is 0 Å². The molecule has 3 N–H and O–H groups in total. The van der Waals surface area contributed by atoms with Gasteiger partial charge in [-0.3, -0.25) is 0 Å². The zero-order valence-electron chi connectivity index (χ0n) is 9.34. The van der Waals surface area contributed by atoms with Crippen molar-refractivity contribution in [3.63, 3.8) is 0 Å². The number of benzene rings is 1. The Kier molecular flexibility index (Phi) is 5.55. The molecule has 0 aliphatic carbocycles. The van der Waals surface area contributed by atoms with E-state index >= 15 is 0 Å². The lowest BCUT2D eigenvalue weighted by Gasteiger charge is -2.11. The Morgan fingerprint density at radius 1 is 1.41 bits per heavy atom. The minimum atomic E-state index is -0.533. The first kappa shape index (κ1) is 14.1. The third-order valence-electron chi connectivity index (χ3n) is 2.15. The number of carbonyl (C=O) groups is 1. The second-order valence-electron chi connectivity index (χ2n) is 3.53. The molecule has 0 heterocycles. The number of halogens is 2. The van der Waals surface area contributed by atoms with Gasteiger partial charge in [-0.05, 0) is 24.6 Å². The standard InChI is InChI=1S/C11H14Cl2N2O2/c1-2-8(16)6-14-11(17)15-7-3-4-9(12)10(13)5-7/h3-5,8,16H,2,6H2,1H3,(H2,14,15,17). The first-order valence-electron chi connectivity index (χ1n) is 5.21. The third kappa shape index (κ3) is 4.81. The van der Waals surface area contributed by atoms with Crippen molar-refractivity contribution in [2.24, 2.45) is 0 Å². The Morgan fingerprint density at radius 3 is 2.71 bits per heavy atom. The fourth-order valence-corrected chi connectivity index (χ4v) is 1.40. The highest BCUT2D eigenvalue weighted by Crippen LogP contribution is 2.24. The van der Waals surface area contributed by atoms with Gasteiger partial charge < -0.3 is 15.7 Å². The number of nitrogens with one attached hydrogen (secondary N) is 2. The van der Waals surface area contributed by atoms with Crippen molar-refractivity contribution in [1.29, 1.82) is 0 Å². The van der Waals surface area contributed by atoms with Gasteiger partial charge in [-0.15, -0.1) is 0 Å². The van der Waals surface area contributed by atoms with Crippen molar-refractivity contribution >= 4 is 34.9 Å². The minimum absolute atomic E-state index is 0.212. The molecule has 0 saturated carbocycles. The Labute approximate surface area is 110 Å². The van der Waals surface area contributed by atoms with Crippen LogP contribution in [0.15, 0.2) is 18.2 Å². The zero-order chi connectivity index (χ0) is 12.8. The summed E-state index contributed by atoms with van der Waals surface area (Å²) < 4.78 is 0. The van der Waals surface area contributed by atoms with Gasteiger partial charge in [-0.2, -0.15) is 0 Å². The summed E-state index contributed by atoms with van der Waals surface area (Å²) in [5.74, 6) is 0. The van der Waals surface area contributed by atoms with E-state index in [1.807, 2.05) is 6.92 Å². The number of aliphatic hydroxyl groups is 1. The molecule has 1 unspecified atom stereocenters. The molecule has 2 amide bonds. The molecule has 94 valence electrons. The molecule has 0 radical (unpaired) electrons. The predicted octanol–water partition coefficient (Wildman–Crippen LogP) is 2.89. The van der Waals surface area contributed by atoms with E-state index in [2.05, 4.69) is 10.6 Å². The topological polar surface area (TPSA) is 61.4 Å². The summed E-state index contributed by atoms with van der Waals surface area (Å²) in [6.07, 6.45) is 0.0575. The number of amides is 2. The van der Waals surface area contributed by atoms with Crippen LogP contribution >= 0.6 is 23.2 Å². The molecule has 1 rings (SSSR count). The molecule has 6 heteroatoms. The number of anilines is 1. The van der Waals surface area contributed by atoms with Crippen LogP contribution in [0.2, 0.25) is 10.0 Å². The lowest BCUT2D eigenvalue weighted by molar-refractivity contribution is 0.168. The number of aliphatic hydroxyl groups excluding tert-OH is 1. The summed E-state index contributed by atoms with van der Waals surface area (Å²) in [5, 5.41) is 15.2.